The summed E-state index contributed by atoms with van der Waals surface area (Å²) in [5.74, 6) is -2.84. The molecule has 0 bridgehead atoms. The van der Waals surface area contributed by atoms with E-state index >= 15 is 0 Å². The summed E-state index contributed by atoms with van der Waals surface area (Å²) in [6, 6.07) is 0. The molecule has 0 saturated carbocycles. The van der Waals surface area contributed by atoms with Gasteiger partial charge in [-0.1, -0.05) is 46.0 Å². The zero-order valence-corrected chi connectivity index (χ0v) is 11.0. The van der Waals surface area contributed by atoms with E-state index in [1.165, 1.54) is 13.3 Å². The monoisotopic (exact) mass is 284 g/mol. The number of rotatable bonds is 9. The van der Waals surface area contributed by atoms with Crippen LogP contribution in [0.1, 0.15) is 59.3 Å². The van der Waals surface area contributed by atoms with Gasteiger partial charge in [0.05, 0.1) is 0 Å². The van der Waals surface area contributed by atoms with E-state index < -0.39 is 17.4 Å². The fraction of sp³-hybridized carbons (Fsp3) is 0.846. The van der Waals surface area contributed by atoms with E-state index in [1.54, 1.807) is 6.92 Å². The van der Waals surface area contributed by atoms with Gasteiger partial charge < -0.3 is 10.2 Å². The van der Waals surface area contributed by atoms with Crippen molar-refractivity contribution in [3.63, 3.8) is 0 Å². The normalized spacial score (nSPS) is 12.6. The van der Waals surface area contributed by atoms with Gasteiger partial charge in [-0.2, -0.15) is 0 Å². The average molecular weight is 284 g/mol. The first-order valence-corrected chi connectivity index (χ1v) is 6.34. The van der Waals surface area contributed by atoms with Gasteiger partial charge in [-0.25, -0.2) is 0 Å². The van der Waals surface area contributed by atoms with Crippen LogP contribution in [0.15, 0.2) is 0 Å². The topological polar surface area (TPSA) is 74.6 Å². The molecule has 1 atom stereocenters. The molecular formula is C13H25KO4. The van der Waals surface area contributed by atoms with Gasteiger partial charge >= 0.3 is 63.3 Å². The Hall–Kier alpha value is 0.576. The van der Waals surface area contributed by atoms with Crippen LogP contribution in [0.3, 0.4) is 0 Å². The second-order valence-electron chi connectivity index (χ2n) is 4.92. The Labute approximate surface area is 152 Å². The molecule has 0 aromatic heterocycles. The van der Waals surface area contributed by atoms with Gasteiger partial charge in [-0.05, 0) is 19.3 Å². The van der Waals surface area contributed by atoms with E-state index in [0.29, 0.717) is 6.42 Å². The van der Waals surface area contributed by atoms with Crippen molar-refractivity contribution in [2.24, 2.45) is 11.3 Å². The van der Waals surface area contributed by atoms with Gasteiger partial charge in [0, 0.05) is 0 Å². The van der Waals surface area contributed by atoms with Crippen molar-refractivity contribution in [1.29, 1.82) is 0 Å². The maximum absolute atomic E-state index is 11.1. The number of carboxylic acid groups (broad SMARTS) is 2. The third-order valence-corrected chi connectivity index (χ3v) is 3.61. The van der Waals surface area contributed by atoms with Crippen LogP contribution in [-0.4, -0.2) is 73.5 Å². The summed E-state index contributed by atoms with van der Waals surface area (Å²) >= 11 is 0. The second kappa shape index (κ2) is 10.4. The average Bonchev–Trinajstić information content (AvgIpc) is 2.26. The van der Waals surface area contributed by atoms with Crippen molar-refractivity contribution >= 4 is 63.3 Å². The fourth-order valence-corrected chi connectivity index (χ4v) is 1.86. The number of unbranched alkanes of at least 4 members (excludes halogenated alkanes) is 4. The van der Waals surface area contributed by atoms with Gasteiger partial charge in [0.25, 0.3) is 0 Å². The van der Waals surface area contributed by atoms with E-state index in [4.69, 9.17) is 10.2 Å². The van der Waals surface area contributed by atoms with Crippen LogP contribution in [0.2, 0.25) is 0 Å². The van der Waals surface area contributed by atoms with Crippen LogP contribution in [0.5, 0.6) is 0 Å². The van der Waals surface area contributed by atoms with Gasteiger partial charge in [0.1, 0.15) is 0 Å². The summed E-state index contributed by atoms with van der Waals surface area (Å²) in [5, 5.41) is 18.1. The summed E-state index contributed by atoms with van der Waals surface area (Å²) in [6.07, 6.45) is 6.09. The van der Waals surface area contributed by atoms with Crippen LogP contribution < -0.4 is 0 Å². The second-order valence-corrected chi connectivity index (χ2v) is 4.92. The molecule has 0 aliphatic carbocycles. The number of hydrogen-bond acceptors (Lipinski definition) is 2. The molecule has 0 aliphatic rings. The molecule has 0 aliphatic heterocycles. The van der Waals surface area contributed by atoms with Crippen molar-refractivity contribution in [3.8, 4) is 0 Å². The van der Waals surface area contributed by atoms with Crippen molar-refractivity contribution in [3.05, 3.63) is 0 Å². The molecule has 0 radical (unpaired) electrons. The molecule has 102 valence electrons. The van der Waals surface area contributed by atoms with Crippen LogP contribution in [0.25, 0.3) is 0 Å². The Kier molecular flexibility index (Phi) is 12.0. The maximum atomic E-state index is 11.1. The van der Waals surface area contributed by atoms with Crippen LogP contribution >= 0.6 is 0 Å². The first-order chi connectivity index (χ1) is 7.87. The van der Waals surface area contributed by atoms with Crippen LogP contribution in [0, 0.1) is 11.3 Å². The van der Waals surface area contributed by atoms with Crippen molar-refractivity contribution in [1.82, 2.24) is 0 Å². The van der Waals surface area contributed by atoms with E-state index in [9.17, 15) is 9.59 Å². The molecule has 0 spiro atoms. The molecular weight excluding hydrogens is 259 g/mol. The third kappa shape index (κ3) is 6.15. The van der Waals surface area contributed by atoms with Crippen molar-refractivity contribution in [2.75, 3.05) is 0 Å². The third-order valence-electron chi connectivity index (χ3n) is 3.61. The molecule has 18 heavy (non-hydrogen) atoms. The Morgan fingerprint density at radius 2 is 1.50 bits per heavy atom. The van der Waals surface area contributed by atoms with Gasteiger partial charge in [0.2, 0.25) is 0 Å². The van der Waals surface area contributed by atoms with Crippen molar-refractivity contribution < 1.29 is 19.8 Å². The molecule has 0 amide bonds. The Balaban J connectivity index is 0. The molecule has 2 N–H and O–H groups in total. The predicted molar refractivity (Wildman–Crippen MR) is 73.1 cm³/mol. The number of carbonyl (C=O) groups is 2. The van der Waals surface area contributed by atoms with E-state index in [1.807, 2.05) is 0 Å². The van der Waals surface area contributed by atoms with Crippen LogP contribution in [0.4, 0.5) is 0 Å². The Morgan fingerprint density at radius 1 is 1.06 bits per heavy atom. The Morgan fingerprint density at radius 3 is 1.89 bits per heavy atom. The molecule has 5 heteroatoms. The van der Waals surface area contributed by atoms with Gasteiger partial charge in [-0.15, -0.1) is 0 Å². The fourth-order valence-electron chi connectivity index (χ4n) is 1.86. The van der Waals surface area contributed by atoms with E-state index in [0.717, 1.165) is 25.7 Å². The van der Waals surface area contributed by atoms with Crippen molar-refractivity contribution in [2.45, 2.75) is 59.3 Å². The minimum absolute atomic E-state index is 0. The Bertz CT molecular complexity index is 252. The summed E-state index contributed by atoms with van der Waals surface area (Å²) in [7, 11) is 0. The number of carboxylic acids is 2. The zero-order valence-electron chi connectivity index (χ0n) is 11.0. The summed E-state index contributed by atoms with van der Waals surface area (Å²) < 4.78 is 0. The molecule has 0 aromatic carbocycles. The molecule has 0 saturated heterocycles. The summed E-state index contributed by atoms with van der Waals surface area (Å²) in [5.41, 5.74) is -1.66. The zero-order chi connectivity index (χ0) is 13.5. The molecule has 1 unspecified atom stereocenters. The molecule has 0 rings (SSSR count). The SMILES string of the molecule is CCCCCCCC(C)C(C)(C(=O)O)C(=O)O.[KH]. The molecule has 0 heterocycles. The molecule has 0 aromatic rings. The van der Waals surface area contributed by atoms with Crippen LogP contribution in [-0.2, 0) is 9.59 Å². The number of hydrogen-bond donors (Lipinski definition) is 2. The van der Waals surface area contributed by atoms with E-state index in [-0.39, 0.29) is 57.3 Å². The molecule has 0 fully saturated rings. The minimum atomic E-state index is -1.66. The van der Waals surface area contributed by atoms with E-state index in [2.05, 4.69) is 6.92 Å². The summed E-state index contributed by atoms with van der Waals surface area (Å²) in [4.78, 5) is 22.1. The van der Waals surface area contributed by atoms with Gasteiger partial charge in [-0.3, -0.25) is 9.59 Å². The molecule has 4 nitrogen and oxygen atoms in total. The first kappa shape index (κ1) is 20.9. The standard InChI is InChI=1S/C13H24O4.K.H/c1-4-5-6-7-8-9-10(2)13(3,11(14)15)12(16)17;;/h10H,4-9H2,1-3H3,(H,14,15)(H,16,17);;. The first-order valence-electron chi connectivity index (χ1n) is 6.34. The predicted octanol–water partition coefficient (Wildman–Crippen LogP) is 2.51. The summed E-state index contributed by atoms with van der Waals surface area (Å²) in [6.45, 7) is 5.14. The number of aliphatic carboxylic acids is 2. The van der Waals surface area contributed by atoms with Gasteiger partial charge in [0.15, 0.2) is 5.41 Å². The quantitative estimate of drug-likeness (QED) is 0.387.